The molecular formula is C21H37ClN8O3. The third-order valence-corrected chi connectivity index (χ3v) is 7.09. The number of nitrogens with one attached hydrogen (secondary N) is 4. The maximum absolute atomic E-state index is 12.8. The molecule has 2 aliphatic heterocycles. The molecule has 2 amide bonds. The third-order valence-electron chi connectivity index (χ3n) is 6.78. The summed E-state index contributed by atoms with van der Waals surface area (Å²) < 4.78 is 0. The summed E-state index contributed by atoms with van der Waals surface area (Å²) in [5.74, 6) is -0.0592. The number of likely N-dealkylation sites (N-methyl/N-ethyl adjacent to an activating group) is 2. The van der Waals surface area contributed by atoms with E-state index in [1.165, 1.54) is 5.57 Å². The number of hydrogen-bond acceptors (Lipinski definition) is 9. The van der Waals surface area contributed by atoms with Gasteiger partial charge in [0.15, 0.2) is 0 Å². The zero-order chi connectivity index (χ0) is 24.1. The molecule has 12 heteroatoms. The largest absolute Gasteiger partial charge is 0.395 e. The molecule has 5 unspecified atom stereocenters. The predicted molar refractivity (Wildman–Crippen MR) is 126 cm³/mol. The molecule has 186 valence electrons. The first-order valence-corrected chi connectivity index (χ1v) is 11.9. The topological polar surface area (TPSA) is 161 Å². The average Bonchev–Trinajstić information content (AvgIpc) is 3.07. The fourth-order valence-corrected chi connectivity index (χ4v) is 5.19. The van der Waals surface area contributed by atoms with Gasteiger partial charge in [-0.05, 0) is 32.9 Å². The summed E-state index contributed by atoms with van der Waals surface area (Å²) in [5, 5.41) is 20.4. The van der Waals surface area contributed by atoms with Crippen LogP contribution in [0, 0.1) is 0 Å². The highest BCUT2D eigenvalue weighted by atomic mass is 35.5. The zero-order valence-corrected chi connectivity index (χ0v) is 20.1. The fraction of sp³-hybridized carbons (Fsp3) is 0.714. The molecule has 0 saturated carbocycles. The normalized spacial score (nSPS) is 30.2. The quantitative estimate of drug-likeness (QED) is 0.148. The predicted octanol–water partition coefficient (Wildman–Crippen LogP) is -1.79. The van der Waals surface area contributed by atoms with E-state index in [0.717, 1.165) is 25.8 Å². The minimum absolute atomic E-state index is 0.0377. The number of nitrogens with two attached hydrogens (primary N) is 2. The van der Waals surface area contributed by atoms with Crippen LogP contribution < -0.4 is 32.7 Å². The lowest BCUT2D eigenvalue weighted by molar-refractivity contribution is -0.124. The lowest BCUT2D eigenvalue weighted by Gasteiger charge is -2.33. The number of amides is 2. The highest BCUT2D eigenvalue weighted by molar-refractivity contribution is 6.29. The van der Waals surface area contributed by atoms with Crippen molar-refractivity contribution in [3.8, 4) is 0 Å². The maximum Gasteiger partial charge on any atom is 0.246 e. The van der Waals surface area contributed by atoms with Gasteiger partial charge in [0.1, 0.15) is 23.2 Å². The molecular weight excluding hydrogens is 448 g/mol. The number of halogens is 1. The Hall–Kier alpha value is -2.05. The lowest BCUT2D eigenvalue weighted by atomic mass is 9.88. The maximum atomic E-state index is 12.8. The lowest BCUT2D eigenvalue weighted by Crippen LogP contribution is -2.64. The number of hydrogen-bond donors (Lipinski definition) is 7. The van der Waals surface area contributed by atoms with Gasteiger partial charge in [-0.15, -0.1) is 0 Å². The Morgan fingerprint density at radius 2 is 2.06 bits per heavy atom. The molecule has 0 radical (unpaired) electrons. The Balaban J connectivity index is 1.56. The minimum Gasteiger partial charge on any atom is -0.395 e. The molecule has 0 bridgehead atoms. The molecule has 1 aliphatic carbocycles. The van der Waals surface area contributed by atoms with Crippen LogP contribution in [0.1, 0.15) is 32.6 Å². The smallest absolute Gasteiger partial charge is 0.246 e. The Bertz CT molecular complexity index is 791. The highest BCUT2D eigenvalue weighted by Crippen LogP contribution is 2.36. The fourth-order valence-electron chi connectivity index (χ4n) is 5.01. The summed E-state index contributed by atoms with van der Waals surface area (Å²) in [7, 11) is 2.10. The Morgan fingerprint density at radius 1 is 1.30 bits per heavy atom. The van der Waals surface area contributed by atoms with Gasteiger partial charge >= 0.3 is 0 Å². The van der Waals surface area contributed by atoms with Crippen molar-refractivity contribution in [2.45, 2.75) is 63.1 Å². The monoisotopic (exact) mass is 484 g/mol. The molecule has 3 aliphatic rings. The number of fused-ring (bicyclic) bond motifs is 1. The van der Waals surface area contributed by atoms with Crippen LogP contribution in [-0.4, -0.2) is 90.5 Å². The van der Waals surface area contributed by atoms with Crippen LogP contribution in [0.15, 0.2) is 22.6 Å². The van der Waals surface area contributed by atoms with Crippen molar-refractivity contribution in [2.24, 2.45) is 11.5 Å². The van der Waals surface area contributed by atoms with Crippen molar-refractivity contribution >= 4 is 23.4 Å². The van der Waals surface area contributed by atoms with Crippen LogP contribution in [0.25, 0.3) is 0 Å². The van der Waals surface area contributed by atoms with E-state index < -0.39 is 12.2 Å². The van der Waals surface area contributed by atoms with E-state index in [4.69, 9.17) is 28.2 Å². The number of nitrogens with zero attached hydrogens (tertiary/aromatic N) is 2. The van der Waals surface area contributed by atoms with Gasteiger partial charge < -0.3 is 37.8 Å². The standard InChI is InChI=1S/C21H37ClN8O3/c1-3-30-14-10-12(5-7-15(32)25-8-9-31)4-6-13(14)29(2)16(30)11-26-21(33)17-19(23)28-20(24)18(22)27-17/h4,13-14,16-17,19,27-28,31H,3,5-11,23-24H2,1-2H3,(H,25,32)(H,26,33). The molecule has 9 N–H and O–H groups in total. The molecule has 0 spiro atoms. The Kier molecular flexibility index (Phi) is 8.82. The summed E-state index contributed by atoms with van der Waals surface area (Å²) in [5.41, 5.74) is 13.0. The van der Waals surface area contributed by atoms with Gasteiger partial charge in [0.05, 0.1) is 12.8 Å². The second-order valence-corrected chi connectivity index (χ2v) is 9.13. The van der Waals surface area contributed by atoms with Gasteiger partial charge in [-0.25, -0.2) is 0 Å². The number of carbonyl (C=O) groups excluding carboxylic acids is 2. The van der Waals surface area contributed by atoms with Crippen LogP contribution >= 0.6 is 11.6 Å². The van der Waals surface area contributed by atoms with Gasteiger partial charge in [0.25, 0.3) is 0 Å². The molecule has 11 nitrogen and oxygen atoms in total. The Morgan fingerprint density at radius 3 is 2.76 bits per heavy atom. The molecule has 2 heterocycles. The number of aliphatic hydroxyl groups excluding tert-OH is 1. The second-order valence-electron chi connectivity index (χ2n) is 8.75. The van der Waals surface area contributed by atoms with E-state index in [9.17, 15) is 9.59 Å². The average molecular weight is 485 g/mol. The summed E-state index contributed by atoms with van der Waals surface area (Å²) in [6, 6.07) is -0.0388. The first-order chi connectivity index (χ1) is 15.8. The second kappa shape index (κ2) is 11.4. The van der Waals surface area contributed by atoms with Gasteiger partial charge in [0, 0.05) is 31.6 Å². The van der Waals surface area contributed by atoms with E-state index >= 15 is 0 Å². The first-order valence-electron chi connectivity index (χ1n) is 11.5. The molecule has 1 saturated heterocycles. The van der Waals surface area contributed by atoms with E-state index in [1.54, 1.807) is 0 Å². The van der Waals surface area contributed by atoms with E-state index in [0.29, 0.717) is 25.0 Å². The zero-order valence-electron chi connectivity index (χ0n) is 19.3. The van der Waals surface area contributed by atoms with Gasteiger partial charge in [0.2, 0.25) is 11.8 Å². The summed E-state index contributed by atoms with van der Waals surface area (Å²) in [6.07, 6.45) is 4.58. The minimum atomic E-state index is -0.723. The molecule has 0 aromatic rings. The number of aliphatic hydroxyl groups is 1. The molecule has 5 atom stereocenters. The number of rotatable bonds is 9. The molecule has 0 aromatic carbocycles. The number of carbonyl (C=O) groups is 2. The van der Waals surface area contributed by atoms with Crippen LogP contribution in [-0.2, 0) is 9.59 Å². The third kappa shape index (κ3) is 5.90. The van der Waals surface area contributed by atoms with Crippen molar-refractivity contribution in [3.05, 3.63) is 22.6 Å². The van der Waals surface area contributed by atoms with E-state index in [-0.39, 0.29) is 42.1 Å². The SMILES string of the molecule is CCN1C2CC(CCC(=O)NCCO)=CCC2N(C)C1CNC(=O)C1NC(Cl)=C(N)NC1N. The van der Waals surface area contributed by atoms with Crippen LogP contribution in [0.2, 0.25) is 0 Å². The van der Waals surface area contributed by atoms with Crippen molar-refractivity contribution in [1.82, 2.24) is 31.1 Å². The van der Waals surface area contributed by atoms with E-state index in [1.807, 2.05) is 0 Å². The van der Waals surface area contributed by atoms with Crippen molar-refractivity contribution < 1.29 is 14.7 Å². The van der Waals surface area contributed by atoms with E-state index in [2.05, 4.69) is 51.1 Å². The summed E-state index contributed by atoms with van der Waals surface area (Å²) >= 11 is 6.02. The highest BCUT2D eigenvalue weighted by Gasteiger charge is 2.45. The molecule has 33 heavy (non-hydrogen) atoms. The molecule has 1 fully saturated rings. The van der Waals surface area contributed by atoms with Gasteiger partial charge in [-0.2, -0.15) is 0 Å². The van der Waals surface area contributed by atoms with Crippen LogP contribution in [0.5, 0.6) is 0 Å². The van der Waals surface area contributed by atoms with Crippen LogP contribution in [0.4, 0.5) is 0 Å². The van der Waals surface area contributed by atoms with Crippen LogP contribution in [0.3, 0.4) is 0 Å². The van der Waals surface area contributed by atoms with Crippen molar-refractivity contribution in [3.63, 3.8) is 0 Å². The van der Waals surface area contributed by atoms with Gasteiger partial charge in [-0.3, -0.25) is 19.4 Å². The Labute approximate surface area is 199 Å². The molecule has 0 aromatic heterocycles. The summed E-state index contributed by atoms with van der Waals surface area (Å²) in [6.45, 7) is 3.67. The first kappa shape index (κ1) is 25.6. The molecule has 3 rings (SSSR count). The van der Waals surface area contributed by atoms with Crippen molar-refractivity contribution in [2.75, 3.05) is 33.3 Å². The van der Waals surface area contributed by atoms with Crippen molar-refractivity contribution in [1.29, 1.82) is 0 Å². The van der Waals surface area contributed by atoms with Gasteiger partial charge in [-0.1, -0.05) is 30.2 Å². The summed E-state index contributed by atoms with van der Waals surface area (Å²) in [4.78, 5) is 29.4.